The molecule has 7 nitrogen and oxygen atoms in total. The third-order valence-corrected chi connectivity index (χ3v) is 3.11. The smallest absolute Gasteiger partial charge is 0.323 e. The highest BCUT2D eigenvalue weighted by molar-refractivity contribution is 6.01. The number of halogens is 3. The molecule has 134 valence electrons. The van der Waals surface area contributed by atoms with E-state index < -0.39 is 29.2 Å². The molecule has 10 heteroatoms. The topological polar surface area (TPSA) is 73.4 Å². The number of amides is 2. The first-order valence-corrected chi connectivity index (χ1v) is 7.14. The Labute approximate surface area is 142 Å². The van der Waals surface area contributed by atoms with Crippen LogP contribution in [0, 0.1) is 17.5 Å². The highest BCUT2D eigenvalue weighted by atomic mass is 19.2. The fourth-order valence-corrected chi connectivity index (χ4v) is 1.91. The lowest BCUT2D eigenvalue weighted by atomic mass is 10.3. The van der Waals surface area contributed by atoms with Crippen LogP contribution < -0.4 is 20.4 Å². The van der Waals surface area contributed by atoms with E-state index in [4.69, 9.17) is 0 Å². The Balaban J connectivity index is 2.22. The number of hydrogen-bond acceptors (Lipinski definition) is 5. The molecule has 0 aliphatic carbocycles. The lowest BCUT2D eigenvalue weighted by Crippen LogP contribution is -2.24. The van der Waals surface area contributed by atoms with Crippen molar-refractivity contribution in [2.75, 3.05) is 48.6 Å². The van der Waals surface area contributed by atoms with Crippen LogP contribution in [0.15, 0.2) is 18.3 Å². The number of benzene rings is 1. The minimum atomic E-state index is -1.66. The number of rotatable bonds is 4. The van der Waals surface area contributed by atoms with E-state index in [0.29, 0.717) is 17.8 Å². The van der Waals surface area contributed by atoms with E-state index in [1.54, 1.807) is 38.0 Å². The molecule has 0 fully saturated rings. The molecule has 0 aliphatic rings. The van der Waals surface area contributed by atoms with Crippen LogP contribution >= 0.6 is 0 Å². The van der Waals surface area contributed by atoms with Gasteiger partial charge in [0.05, 0.1) is 11.9 Å². The van der Waals surface area contributed by atoms with Crippen LogP contribution in [0.2, 0.25) is 0 Å². The van der Waals surface area contributed by atoms with E-state index in [-0.39, 0.29) is 5.69 Å². The van der Waals surface area contributed by atoms with Gasteiger partial charge in [-0.15, -0.1) is 0 Å². The van der Waals surface area contributed by atoms with Crippen molar-refractivity contribution in [1.29, 1.82) is 0 Å². The largest absolute Gasteiger partial charge is 0.361 e. The first kappa shape index (κ1) is 18.3. The van der Waals surface area contributed by atoms with Gasteiger partial charge >= 0.3 is 6.03 Å². The molecule has 25 heavy (non-hydrogen) atoms. The maximum atomic E-state index is 13.6. The zero-order valence-corrected chi connectivity index (χ0v) is 14.1. The number of hydrogen-bond donors (Lipinski definition) is 2. The van der Waals surface area contributed by atoms with Crippen molar-refractivity contribution >= 4 is 29.2 Å². The Kier molecular flexibility index (Phi) is 5.30. The van der Waals surface area contributed by atoms with Gasteiger partial charge in [0, 0.05) is 28.2 Å². The third-order valence-electron chi connectivity index (χ3n) is 3.11. The van der Waals surface area contributed by atoms with Crippen LogP contribution in [0.3, 0.4) is 0 Å². The van der Waals surface area contributed by atoms with Gasteiger partial charge in [-0.05, 0) is 12.1 Å². The van der Waals surface area contributed by atoms with Gasteiger partial charge in [-0.3, -0.25) is 0 Å². The summed E-state index contributed by atoms with van der Waals surface area (Å²) in [6, 6.07) is 0.786. The zero-order chi connectivity index (χ0) is 18.7. The van der Waals surface area contributed by atoms with Crippen molar-refractivity contribution in [2.45, 2.75) is 0 Å². The summed E-state index contributed by atoms with van der Waals surface area (Å²) in [6.07, 6.45) is 1.39. The van der Waals surface area contributed by atoms with Crippen LogP contribution in [0.1, 0.15) is 0 Å². The predicted octanol–water partition coefficient (Wildman–Crippen LogP) is 2.67. The van der Waals surface area contributed by atoms with Crippen molar-refractivity contribution in [3.63, 3.8) is 0 Å². The van der Waals surface area contributed by atoms with Gasteiger partial charge in [0.15, 0.2) is 23.3 Å². The first-order chi connectivity index (χ1) is 11.7. The summed E-state index contributed by atoms with van der Waals surface area (Å²) in [5, 5.41) is 4.56. The van der Waals surface area contributed by atoms with Gasteiger partial charge in [0.25, 0.3) is 0 Å². The lowest BCUT2D eigenvalue weighted by molar-refractivity contribution is 0.262. The molecule has 0 radical (unpaired) electrons. The standard InChI is InChI=1S/C15H17F3N6O/c1-23(2)13-10(7-19-14(22-13)24(3)4)21-15(25)20-9-6-5-8(16)11(17)12(9)18/h5-7H,1-4H3,(H2,20,21,25). The number of urea groups is 1. The third kappa shape index (κ3) is 4.08. The van der Waals surface area contributed by atoms with E-state index in [2.05, 4.69) is 20.6 Å². The molecule has 1 aromatic carbocycles. The van der Waals surface area contributed by atoms with Crippen molar-refractivity contribution in [3.05, 3.63) is 35.8 Å². The Morgan fingerprint density at radius 1 is 0.960 bits per heavy atom. The molecular formula is C15H17F3N6O. The second-order valence-corrected chi connectivity index (χ2v) is 5.50. The predicted molar refractivity (Wildman–Crippen MR) is 89.6 cm³/mol. The second kappa shape index (κ2) is 7.24. The highest BCUT2D eigenvalue weighted by Gasteiger charge is 2.17. The first-order valence-electron chi connectivity index (χ1n) is 7.14. The summed E-state index contributed by atoms with van der Waals surface area (Å²) >= 11 is 0. The molecule has 0 aliphatic heterocycles. The summed E-state index contributed by atoms with van der Waals surface area (Å²) in [4.78, 5) is 23.8. The zero-order valence-electron chi connectivity index (χ0n) is 14.1. The van der Waals surface area contributed by atoms with Crippen LogP contribution in [0.5, 0.6) is 0 Å². The monoisotopic (exact) mass is 354 g/mol. The van der Waals surface area contributed by atoms with Crippen molar-refractivity contribution in [1.82, 2.24) is 9.97 Å². The normalized spacial score (nSPS) is 10.4. The summed E-state index contributed by atoms with van der Waals surface area (Å²) in [6.45, 7) is 0. The van der Waals surface area contributed by atoms with Gasteiger partial charge in [0.1, 0.15) is 5.69 Å². The average Bonchev–Trinajstić information content (AvgIpc) is 2.55. The fourth-order valence-electron chi connectivity index (χ4n) is 1.91. The maximum Gasteiger partial charge on any atom is 0.323 e. The number of nitrogens with one attached hydrogen (secondary N) is 2. The number of nitrogens with zero attached hydrogens (tertiary/aromatic N) is 4. The summed E-state index contributed by atoms with van der Waals surface area (Å²) < 4.78 is 39.7. The highest BCUT2D eigenvalue weighted by Crippen LogP contribution is 2.24. The molecule has 1 heterocycles. The van der Waals surface area contributed by atoms with Crippen LogP contribution in [0.4, 0.5) is 41.1 Å². The number of aromatic nitrogens is 2. The van der Waals surface area contributed by atoms with Gasteiger partial charge < -0.3 is 20.4 Å². The Bertz CT molecular complexity index is 797. The minimum Gasteiger partial charge on any atom is -0.361 e. The van der Waals surface area contributed by atoms with E-state index in [0.717, 1.165) is 6.07 Å². The molecule has 0 spiro atoms. The SMILES string of the molecule is CN(C)c1ncc(NC(=O)Nc2ccc(F)c(F)c2F)c(N(C)C)n1. The van der Waals surface area contributed by atoms with Crippen LogP contribution in [0.25, 0.3) is 0 Å². The molecule has 1 aromatic heterocycles. The van der Waals surface area contributed by atoms with E-state index >= 15 is 0 Å². The molecule has 0 bridgehead atoms. The van der Waals surface area contributed by atoms with Crippen molar-refractivity contribution in [3.8, 4) is 0 Å². The summed E-state index contributed by atoms with van der Waals surface area (Å²) in [5.74, 6) is -3.64. The number of carbonyl (C=O) groups is 1. The van der Waals surface area contributed by atoms with Gasteiger partial charge in [-0.25, -0.2) is 22.9 Å². The van der Waals surface area contributed by atoms with Crippen molar-refractivity contribution < 1.29 is 18.0 Å². The minimum absolute atomic E-state index is 0.260. The fraction of sp³-hybridized carbons (Fsp3) is 0.267. The average molecular weight is 354 g/mol. The Morgan fingerprint density at radius 3 is 2.20 bits per heavy atom. The summed E-state index contributed by atoms with van der Waals surface area (Å²) in [5.41, 5.74) is -0.232. The van der Waals surface area contributed by atoms with E-state index in [1.807, 2.05) is 0 Å². The second-order valence-electron chi connectivity index (χ2n) is 5.50. The maximum absolute atomic E-state index is 13.6. The molecule has 0 atom stereocenters. The number of anilines is 4. The number of carbonyl (C=O) groups excluding carboxylic acids is 1. The molecule has 2 aromatic rings. The van der Waals surface area contributed by atoms with Gasteiger partial charge in [-0.1, -0.05) is 0 Å². The van der Waals surface area contributed by atoms with Gasteiger partial charge in [-0.2, -0.15) is 4.98 Å². The van der Waals surface area contributed by atoms with Crippen molar-refractivity contribution in [2.24, 2.45) is 0 Å². The molecule has 0 saturated carbocycles. The lowest BCUT2D eigenvalue weighted by Gasteiger charge is -2.19. The van der Waals surface area contributed by atoms with Crippen LogP contribution in [-0.2, 0) is 0 Å². The molecule has 2 amide bonds. The Hall–Kier alpha value is -3.04. The van der Waals surface area contributed by atoms with E-state index in [9.17, 15) is 18.0 Å². The molecule has 2 rings (SSSR count). The molecule has 2 N–H and O–H groups in total. The van der Waals surface area contributed by atoms with E-state index in [1.165, 1.54) is 6.20 Å². The quantitative estimate of drug-likeness (QED) is 0.826. The molecule has 0 unspecified atom stereocenters. The summed E-state index contributed by atoms with van der Waals surface area (Å²) in [7, 11) is 6.97. The molecular weight excluding hydrogens is 337 g/mol. The van der Waals surface area contributed by atoms with Crippen LogP contribution in [-0.4, -0.2) is 44.2 Å². The Morgan fingerprint density at radius 2 is 1.60 bits per heavy atom. The van der Waals surface area contributed by atoms with Gasteiger partial charge in [0.2, 0.25) is 5.95 Å². The molecule has 0 saturated heterocycles.